The number of hydrogen-bond acceptors (Lipinski definition) is 4. The summed E-state index contributed by atoms with van der Waals surface area (Å²) in [6.45, 7) is 0. The Morgan fingerprint density at radius 2 is 0.571 bits per heavy atom. The van der Waals surface area contributed by atoms with E-state index in [9.17, 15) is 19.2 Å². The van der Waals surface area contributed by atoms with Gasteiger partial charge in [-0.1, -0.05) is 35.5 Å². The smallest absolute Gasteiger partial charge is 0.394 e. The molecular formula is C34H20N2O6. The largest absolute Gasteiger partial charge is 0.474 e. The summed E-state index contributed by atoms with van der Waals surface area (Å²) in [5.74, 6) is 13.1. The van der Waals surface area contributed by atoms with Crippen molar-refractivity contribution in [3.05, 3.63) is 130 Å². The molecule has 0 aliphatic rings. The maximum atomic E-state index is 11.2. The number of nitrogens with one attached hydrogen (secondary N) is 2. The standard InChI is InChI=1S/C34H20N2O6/c37-31(33(39)40)35-29-19-15-27(16-20-29)13-11-25-7-3-23(4-8-25)1-2-24-5-9-26(10-6-24)12-14-28-17-21-30(22-18-28)36-32(38)34(41)42/h3-10,15-22H,(H,35,37)(H,36,38)(H,39,40)(H,41,42). The van der Waals surface area contributed by atoms with E-state index in [2.05, 4.69) is 46.2 Å². The van der Waals surface area contributed by atoms with Gasteiger partial charge in [-0.15, -0.1) is 0 Å². The minimum Gasteiger partial charge on any atom is -0.474 e. The molecule has 0 unspecified atom stereocenters. The number of carbonyl (C=O) groups is 4. The second kappa shape index (κ2) is 13.5. The van der Waals surface area contributed by atoms with Crippen LogP contribution in [0.25, 0.3) is 0 Å². The highest BCUT2D eigenvalue weighted by Gasteiger charge is 2.11. The third-order valence-electron chi connectivity index (χ3n) is 5.50. The van der Waals surface area contributed by atoms with Crippen molar-refractivity contribution < 1.29 is 29.4 Å². The number of aliphatic carboxylic acids is 2. The summed E-state index contributed by atoms with van der Waals surface area (Å²) < 4.78 is 0. The molecular weight excluding hydrogens is 532 g/mol. The van der Waals surface area contributed by atoms with Gasteiger partial charge in [0.05, 0.1) is 0 Å². The fourth-order valence-corrected chi connectivity index (χ4v) is 3.35. The van der Waals surface area contributed by atoms with Crippen LogP contribution in [0.3, 0.4) is 0 Å². The van der Waals surface area contributed by atoms with E-state index in [1.165, 1.54) is 0 Å². The normalized spacial score (nSPS) is 9.43. The molecule has 8 heteroatoms. The maximum Gasteiger partial charge on any atom is 0.394 e. The molecule has 0 aromatic heterocycles. The molecule has 4 aromatic carbocycles. The zero-order chi connectivity index (χ0) is 29.9. The van der Waals surface area contributed by atoms with E-state index in [1.54, 1.807) is 48.5 Å². The topological polar surface area (TPSA) is 133 Å². The molecule has 0 saturated carbocycles. The van der Waals surface area contributed by atoms with Crippen molar-refractivity contribution >= 4 is 35.1 Å². The summed E-state index contributed by atoms with van der Waals surface area (Å²) in [4.78, 5) is 43.7. The summed E-state index contributed by atoms with van der Waals surface area (Å²) in [5.41, 5.74) is 5.40. The van der Waals surface area contributed by atoms with Crippen molar-refractivity contribution in [3.63, 3.8) is 0 Å². The van der Waals surface area contributed by atoms with Gasteiger partial charge >= 0.3 is 23.8 Å². The van der Waals surface area contributed by atoms with Crippen LogP contribution in [0.2, 0.25) is 0 Å². The summed E-state index contributed by atoms with van der Waals surface area (Å²) in [6, 6.07) is 28.0. The van der Waals surface area contributed by atoms with E-state index >= 15 is 0 Å². The fourth-order valence-electron chi connectivity index (χ4n) is 3.35. The Morgan fingerprint density at radius 1 is 0.381 bits per heavy atom. The van der Waals surface area contributed by atoms with Gasteiger partial charge in [-0.2, -0.15) is 0 Å². The lowest BCUT2D eigenvalue weighted by Crippen LogP contribution is -2.21. The minimum absolute atomic E-state index is 0.370. The van der Waals surface area contributed by atoms with Gasteiger partial charge in [0, 0.05) is 44.8 Å². The van der Waals surface area contributed by atoms with Crippen LogP contribution in [-0.4, -0.2) is 34.0 Å². The first-order valence-corrected chi connectivity index (χ1v) is 12.3. The first-order chi connectivity index (χ1) is 20.2. The van der Waals surface area contributed by atoms with Crippen LogP contribution in [0.4, 0.5) is 11.4 Å². The average Bonchev–Trinajstić information content (AvgIpc) is 3.00. The average molecular weight is 553 g/mol. The van der Waals surface area contributed by atoms with Gasteiger partial charge in [0.1, 0.15) is 0 Å². The van der Waals surface area contributed by atoms with Gasteiger partial charge in [0.15, 0.2) is 0 Å². The quantitative estimate of drug-likeness (QED) is 0.220. The Kier molecular flexibility index (Phi) is 9.13. The van der Waals surface area contributed by atoms with Crippen molar-refractivity contribution in [1.29, 1.82) is 0 Å². The fraction of sp³-hybridized carbons (Fsp3) is 0. The van der Waals surface area contributed by atoms with Gasteiger partial charge in [-0.05, 0) is 97.1 Å². The van der Waals surface area contributed by atoms with Crippen LogP contribution < -0.4 is 10.6 Å². The maximum absolute atomic E-state index is 11.2. The molecule has 0 atom stereocenters. The first-order valence-electron chi connectivity index (χ1n) is 12.3. The van der Waals surface area contributed by atoms with E-state index < -0.39 is 23.8 Å². The van der Waals surface area contributed by atoms with Crippen molar-refractivity contribution in [2.45, 2.75) is 0 Å². The van der Waals surface area contributed by atoms with E-state index in [4.69, 9.17) is 10.2 Å². The molecule has 0 heterocycles. The number of anilines is 2. The Morgan fingerprint density at radius 3 is 0.762 bits per heavy atom. The van der Waals surface area contributed by atoms with Crippen LogP contribution in [-0.2, 0) is 19.2 Å². The lowest BCUT2D eigenvalue weighted by Gasteiger charge is -2.01. The number of carbonyl (C=O) groups excluding carboxylic acids is 2. The predicted octanol–water partition coefficient (Wildman–Crippen LogP) is 3.93. The third kappa shape index (κ3) is 8.47. The lowest BCUT2D eigenvalue weighted by atomic mass is 10.1. The van der Waals surface area contributed by atoms with Crippen molar-refractivity contribution in [2.75, 3.05) is 10.6 Å². The van der Waals surface area contributed by atoms with Crippen LogP contribution in [0.1, 0.15) is 33.4 Å². The highest BCUT2D eigenvalue weighted by molar-refractivity contribution is 6.36. The van der Waals surface area contributed by atoms with E-state index in [0.717, 1.165) is 22.3 Å². The van der Waals surface area contributed by atoms with Crippen molar-refractivity contribution in [3.8, 4) is 35.5 Å². The van der Waals surface area contributed by atoms with Gasteiger partial charge in [-0.25, -0.2) is 9.59 Å². The molecule has 4 rings (SSSR count). The highest BCUT2D eigenvalue weighted by atomic mass is 16.4. The zero-order valence-electron chi connectivity index (χ0n) is 21.8. The first kappa shape index (κ1) is 28.4. The number of carboxylic acid groups (broad SMARTS) is 2. The molecule has 0 spiro atoms. The highest BCUT2D eigenvalue weighted by Crippen LogP contribution is 2.11. The predicted molar refractivity (Wildman–Crippen MR) is 156 cm³/mol. The van der Waals surface area contributed by atoms with Crippen LogP contribution in [0.5, 0.6) is 0 Å². The molecule has 0 aliphatic heterocycles. The minimum atomic E-state index is -1.55. The molecule has 2 amide bonds. The van der Waals surface area contributed by atoms with E-state index in [-0.39, 0.29) is 0 Å². The van der Waals surface area contributed by atoms with Gasteiger partial charge in [0.25, 0.3) is 0 Å². The van der Waals surface area contributed by atoms with Gasteiger partial charge < -0.3 is 20.8 Å². The Labute approximate surface area is 241 Å². The van der Waals surface area contributed by atoms with Crippen LogP contribution >= 0.6 is 0 Å². The summed E-state index contributed by atoms with van der Waals surface area (Å²) in [7, 11) is 0. The molecule has 0 aliphatic carbocycles. The molecule has 0 fully saturated rings. The monoisotopic (exact) mass is 552 g/mol. The van der Waals surface area contributed by atoms with Crippen LogP contribution in [0, 0.1) is 35.5 Å². The van der Waals surface area contributed by atoms with Crippen molar-refractivity contribution in [2.24, 2.45) is 0 Å². The number of benzene rings is 4. The second-order valence-corrected chi connectivity index (χ2v) is 8.58. The SMILES string of the molecule is O=C(O)C(=O)Nc1ccc(C#Cc2ccc(C#Cc3ccc(C#Cc4ccc(NC(=O)C(=O)O)cc4)cc3)cc2)cc1. The number of amides is 2. The second-order valence-electron chi connectivity index (χ2n) is 8.58. The summed E-state index contributed by atoms with van der Waals surface area (Å²) in [5, 5.41) is 21.8. The molecule has 8 nitrogen and oxygen atoms in total. The number of rotatable bonds is 2. The number of carboxylic acids is 2. The molecule has 4 aromatic rings. The lowest BCUT2D eigenvalue weighted by molar-refractivity contribution is -0.147. The molecule has 4 N–H and O–H groups in total. The molecule has 202 valence electrons. The van der Waals surface area contributed by atoms with Crippen molar-refractivity contribution in [1.82, 2.24) is 0 Å². The molecule has 0 saturated heterocycles. The Bertz CT molecular complexity index is 1700. The molecule has 42 heavy (non-hydrogen) atoms. The van der Waals surface area contributed by atoms with E-state index in [0.29, 0.717) is 22.5 Å². The third-order valence-corrected chi connectivity index (χ3v) is 5.50. The van der Waals surface area contributed by atoms with E-state index in [1.807, 2.05) is 48.5 Å². The van der Waals surface area contributed by atoms with Gasteiger partial charge in [-0.3, -0.25) is 9.59 Å². The van der Waals surface area contributed by atoms with Crippen LogP contribution in [0.15, 0.2) is 97.1 Å². The number of hydrogen-bond donors (Lipinski definition) is 4. The molecule has 0 bridgehead atoms. The Balaban J connectivity index is 1.32. The van der Waals surface area contributed by atoms with Gasteiger partial charge in [0.2, 0.25) is 0 Å². The molecule has 0 radical (unpaired) electrons. The zero-order valence-corrected chi connectivity index (χ0v) is 21.8. The Hall–Kier alpha value is -6.56. The summed E-state index contributed by atoms with van der Waals surface area (Å²) >= 11 is 0. The summed E-state index contributed by atoms with van der Waals surface area (Å²) in [6.07, 6.45) is 0.